The van der Waals surface area contributed by atoms with Crippen LogP contribution in [0.25, 0.3) is 0 Å². The molecule has 0 atom stereocenters. The Kier molecular flexibility index (Phi) is 5.46. The summed E-state index contributed by atoms with van der Waals surface area (Å²) in [7, 11) is 3.17. The molecule has 0 aliphatic carbocycles. The van der Waals surface area contributed by atoms with Gasteiger partial charge in [-0.05, 0) is 18.1 Å². The topological polar surface area (TPSA) is 94.9 Å². The molecular weight excluding hydrogens is 296 g/mol. The second kappa shape index (κ2) is 7.53. The molecule has 0 aliphatic rings. The van der Waals surface area contributed by atoms with E-state index in [1.807, 2.05) is 12.1 Å². The second-order valence-corrected chi connectivity index (χ2v) is 5.27. The third kappa shape index (κ3) is 4.38. The first-order valence-corrected chi connectivity index (χ1v) is 7.28. The van der Waals surface area contributed by atoms with Crippen LogP contribution < -0.4 is 20.5 Å². The Labute approximate surface area is 135 Å². The number of aromatic nitrogens is 1. The second-order valence-electron chi connectivity index (χ2n) is 5.27. The maximum atomic E-state index is 5.89. The highest BCUT2D eigenvalue weighted by Crippen LogP contribution is 2.29. The lowest BCUT2D eigenvalue weighted by atomic mass is 10.1. The summed E-state index contributed by atoms with van der Waals surface area (Å²) >= 11 is 0. The van der Waals surface area contributed by atoms with Crippen LogP contribution in [0.15, 0.2) is 33.8 Å². The summed E-state index contributed by atoms with van der Waals surface area (Å²) in [6.45, 7) is 4.43. The minimum Gasteiger partial charge on any atom is -0.493 e. The van der Waals surface area contributed by atoms with Gasteiger partial charge in [0.25, 0.3) is 0 Å². The van der Waals surface area contributed by atoms with E-state index in [1.54, 1.807) is 26.4 Å². The number of aliphatic imine (C=N–C) groups is 1. The number of nitrogens with zero attached hydrogens (tertiary/aromatic N) is 2. The summed E-state index contributed by atoms with van der Waals surface area (Å²) in [6.07, 6.45) is 0. The molecule has 0 bridgehead atoms. The molecular formula is C16H22N4O3. The summed E-state index contributed by atoms with van der Waals surface area (Å²) in [5, 5.41) is 6.98. The van der Waals surface area contributed by atoms with Crippen LogP contribution in [-0.4, -0.2) is 25.3 Å². The van der Waals surface area contributed by atoms with Crippen molar-refractivity contribution in [3.63, 3.8) is 0 Å². The molecule has 0 amide bonds. The zero-order chi connectivity index (χ0) is 16.8. The summed E-state index contributed by atoms with van der Waals surface area (Å²) in [5.41, 5.74) is 7.55. The van der Waals surface area contributed by atoms with Gasteiger partial charge in [0.15, 0.2) is 23.2 Å². The van der Waals surface area contributed by atoms with Crippen molar-refractivity contribution in [2.75, 3.05) is 19.5 Å². The van der Waals surface area contributed by atoms with Gasteiger partial charge in [0.2, 0.25) is 0 Å². The van der Waals surface area contributed by atoms with Crippen LogP contribution >= 0.6 is 0 Å². The average molecular weight is 318 g/mol. The minimum absolute atomic E-state index is 0.278. The van der Waals surface area contributed by atoms with Crippen molar-refractivity contribution < 1.29 is 14.0 Å². The first-order chi connectivity index (χ1) is 11.0. The van der Waals surface area contributed by atoms with Gasteiger partial charge in [-0.2, -0.15) is 0 Å². The number of nitrogens with two attached hydrogens (primary N) is 1. The molecule has 7 nitrogen and oxygen atoms in total. The number of hydrogen-bond acceptors (Lipinski definition) is 5. The summed E-state index contributed by atoms with van der Waals surface area (Å²) in [5.74, 6) is 2.53. The smallest absolute Gasteiger partial charge is 0.193 e. The number of methoxy groups -OCH3 is 2. The Balaban J connectivity index is 2.01. The number of nitrogens with one attached hydrogen (secondary N) is 1. The van der Waals surface area contributed by atoms with Gasteiger partial charge >= 0.3 is 0 Å². The molecule has 0 spiro atoms. The van der Waals surface area contributed by atoms with E-state index in [9.17, 15) is 0 Å². The van der Waals surface area contributed by atoms with Gasteiger partial charge < -0.3 is 25.0 Å². The molecule has 0 unspecified atom stereocenters. The van der Waals surface area contributed by atoms with Gasteiger partial charge in [-0.3, -0.25) is 0 Å². The van der Waals surface area contributed by atoms with Crippen LogP contribution in [0.3, 0.4) is 0 Å². The van der Waals surface area contributed by atoms with E-state index in [2.05, 4.69) is 29.3 Å². The van der Waals surface area contributed by atoms with Gasteiger partial charge in [0.1, 0.15) is 6.54 Å². The normalized spacial score (nSPS) is 11.6. The summed E-state index contributed by atoms with van der Waals surface area (Å²) in [6, 6.07) is 7.29. The molecule has 0 fully saturated rings. The molecule has 124 valence electrons. The largest absolute Gasteiger partial charge is 0.493 e. The van der Waals surface area contributed by atoms with Crippen molar-refractivity contribution in [3.8, 4) is 11.5 Å². The number of guanidine groups is 1. The molecule has 0 saturated carbocycles. The Hall–Kier alpha value is -2.70. The number of anilines is 1. The van der Waals surface area contributed by atoms with E-state index in [-0.39, 0.29) is 5.96 Å². The van der Waals surface area contributed by atoms with E-state index in [0.29, 0.717) is 29.7 Å². The van der Waals surface area contributed by atoms with E-state index in [1.165, 1.54) is 0 Å². The van der Waals surface area contributed by atoms with E-state index < -0.39 is 0 Å². The Bertz CT molecular complexity index is 680. The van der Waals surface area contributed by atoms with Crippen LogP contribution in [0.4, 0.5) is 5.69 Å². The van der Waals surface area contributed by atoms with E-state index >= 15 is 0 Å². The van der Waals surface area contributed by atoms with E-state index in [0.717, 1.165) is 11.4 Å². The predicted octanol–water partition coefficient (Wildman–Crippen LogP) is 2.74. The van der Waals surface area contributed by atoms with Crippen molar-refractivity contribution in [1.29, 1.82) is 0 Å². The maximum Gasteiger partial charge on any atom is 0.193 e. The zero-order valence-electron chi connectivity index (χ0n) is 13.8. The van der Waals surface area contributed by atoms with Gasteiger partial charge in [0, 0.05) is 17.8 Å². The lowest BCUT2D eigenvalue weighted by Crippen LogP contribution is -2.22. The van der Waals surface area contributed by atoms with E-state index in [4.69, 9.17) is 19.7 Å². The van der Waals surface area contributed by atoms with Crippen molar-refractivity contribution in [2.45, 2.75) is 26.3 Å². The number of benzene rings is 1. The molecule has 23 heavy (non-hydrogen) atoms. The monoisotopic (exact) mass is 318 g/mol. The molecule has 0 radical (unpaired) electrons. The van der Waals surface area contributed by atoms with Crippen LogP contribution in [0.1, 0.15) is 31.2 Å². The number of ether oxygens (including phenoxy) is 2. The molecule has 3 N–H and O–H groups in total. The van der Waals surface area contributed by atoms with Gasteiger partial charge in [-0.25, -0.2) is 4.99 Å². The van der Waals surface area contributed by atoms with Crippen LogP contribution in [0.5, 0.6) is 11.5 Å². The van der Waals surface area contributed by atoms with Crippen molar-refractivity contribution in [3.05, 3.63) is 35.7 Å². The molecule has 7 heteroatoms. The highest BCUT2D eigenvalue weighted by Gasteiger charge is 2.08. The molecule has 0 saturated heterocycles. The third-order valence-corrected chi connectivity index (χ3v) is 3.23. The number of hydrogen-bond donors (Lipinski definition) is 2. The number of rotatable bonds is 6. The summed E-state index contributed by atoms with van der Waals surface area (Å²) in [4.78, 5) is 4.24. The molecule has 2 rings (SSSR count). The van der Waals surface area contributed by atoms with Gasteiger partial charge in [-0.15, -0.1) is 0 Å². The summed E-state index contributed by atoms with van der Waals surface area (Å²) < 4.78 is 15.6. The molecule has 1 aromatic carbocycles. The SMILES string of the molecule is COc1ccc(NC(N)=NCc2cc(C(C)C)no2)cc1OC. The Morgan fingerprint density at radius 3 is 2.61 bits per heavy atom. The van der Waals surface area contributed by atoms with Gasteiger partial charge in [-0.1, -0.05) is 19.0 Å². The van der Waals surface area contributed by atoms with Crippen molar-refractivity contribution >= 4 is 11.6 Å². The third-order valence-electron chi connectivity index (χ3n) is 3.23. The van der Waals surface area contributed by atoms with Crippen LogP contribution in [0.2, 0.25) is 0 Å². The van der Waals surface area contributed by atoms with Crippen molar-refractivity contribution in [1.82, 2.24) is 5.16 Å². The lowest BCUT2D eigenvalue weighted by molar-refractivity contribution is 0.355. The average Bonchev–Trinajstić information content (AvgIpc) is 3.02. The first kappa shape index (κ1) is 16.7. The highest BCUT2D eigenvalue weighted by molar-refractivity contribution is 5.92. The molecule has 1 aromatic heterocycles. The van der Waals surface area contributed by atoms with Crippen molar-refractivity contribution in [2.24, 2.45) is 10.7 Å². The molecule has 0 aliphatic heterocycles. The fourth-order valence-electron chi connectivity index (χ4n) is 1.94. The lowest BCUT2D eigenvalue weighted by Gasteiger charge is -2.10. The first-order valence-electron chi connectivity index (χ1n) is 7.28. The molecule has 1 heterocycles. The molecule has 2 aromatic rings. The predicted molar refractivity (Wildman–Crippen MR) is 89.1 cm³/mol. The minimum atomic E-state index is 0.278. The fraction of sp³-hybridized carbons (Fsp3) is 0.375. The highest BCUT2D eigenvalue weighted by atomic mass is 16.5. The van der Waals surface area contributed by atoms with Gasteiger partial charge in [0.05, 0.1) is 19.9 Å². The maximum absolute atomic E-state index is 5.89. The Morgan fingerprint density at radius 2 is 2.00 bits per heavy atom. The fourth-order valence-corrected chi connectivity index (χ4v) is 1.94. The Morgan fingerprint density at radius 1 is 1.26 bits per heavy atom. The van der Waals surface area contributed by atoms with Crippen LogP contribution in [0, 0.1) is 0 Å². The standard InChI is InChI=1S/C16H22N4O3/c1-10(2)13-8-12(23-20-13)9-18-16(17)19-11-5-6-14(21-3)15(7-11)22-4/h5-8,10H,9H2,1-4H3,(H3,17,18,19). The quantitative estimate of drug-likeness (QED) is 0.628. The zero-order valence-corrected chi connectivity index (χ0v) is 13.8. The van der Waals surface area contributed by atoms with Crippen LogP contribution in [-0.2, 0) is 6.54 Å².